The molecule has 1 aliphatic heterocycles. The minimum absolute atomic E-state index is 0.270. The predicted molar refractivity (Wildman–Crippen MR) is 91.3 cm³/mol. The van der Waals surface area contributed by atoms with Gasteiger partial charge in [-0.15, -0.1) is 0 Å². The van der Waals surface area contributed by atoms with Gasteiger partial charge in [0.2, 0.25) is 0 Å². The van der Waals surface area contributed by atoms with Gasteiger partial charge in [-0.2, -0.15) is 17.6 Å². The topological polar surface area (TPSA) is 61.8 Å². The summed E-state index contributed by atoms with van der Waals surface area (Å²) in [5, 5.41) is -0.540. The molecule has 2 unspecified atom stereocenters. The summed E-state index contributed by atoms with van der Waals surface area (Å²) in [5.74, 6) is 0. The van der Waals surface area contributed by atoms with Gasteiger partial charge in [0.25, 0.3) is 0 Å². The van der Waals surface area contributed by atoms with E-state index in [0.29, 0.717) is 0 Å². The standard InChI is InChI=1S/C16H16F4O5P2/c1-3-23-26(21)15(17,18)13-9-5-8-12-11(13)7-6-10-14(12)16(19,20)27(22,25-26)24-4-2/h5-10H,3-4H2,1-2H3. The minimum Gasteiger partial charge on any atom is -0.304 e. The molecule has 0 radical (unpaired) electrons. The summed E-state index contributed by atoms with van der Waals surface area (Å²) in [7, 11) is -11.3. The minimum atomic E-state index is -5.66. The van der Waals surface area contributed by atoms with Crippen molar-refractivity contribution in [1.82, 2.24) is 0 Å². The summed E-state index contributed by atoms with van der Waals surface area (Å²) in [6, 6.07) is 6.50. The Kier molecular flexibility index (Phi) is 5.07. The maximum atomic E-state index is 15.2. The van der Waals surface area contributed by atoms with Crippen molar-refractivity contribution in [3.63, 3.8) is 0 Å². The van der Waals surface area contributed by atoms with E-state index in [4.69, 9.17) is 0 Å². The largest absolute Gasteiger partial charge is 0.411 e. The SMILES string of the molecule is CCOP1(=O)OP(=O)(OCC)C(F)(F)c2cccc3c(cccc23)C1(F)F. The maximum Gasteiger partial charge on any atom is 0.411 e. The van der Waals surface area contributed by atoms with Crippen LogP contribution in [0, 0.1) is 0 Å². The van der Waals surface area contributed by atoms with Crippen molar-refractivity contribution in [1.29, 1.82) is 0 Å². The molecule has 3 rings (SSSR count). The third-order valence-corrected chi connectivity index (χ3v) is 8.84. The van der Waals surface area contributed by atoms with Crippen LogP contribution in [0.5, 0.6) is 0 Å². The van der Waals surface area contributed by atoms with Crippen LogP contribution < -0.4 is 0 Å². The lowest BCUT2D eigenvalue weighted by Crippen LogP contribution is -2.21. The van der Waals surface area contributed by atoms with E-state index >= 15 is 17.6 Å². The molecule has 2 aromatic carbocycles. The van der Waals surface area contributed by atoms with Gasteiger partial charge in [0, 0.05) is 11.1 Å². The van der Waals surface area contributed by atoms with Crippen LogP contribution in [0.4, 0.5) is 17.6 Å². The molecule has 11 heteroatoms. The summed E-state index contributed by atoms with van der Waals surface area (Å²) in [5.41, 5.74) is -10.3. The number of rotatable bonds is 4. The Balaban J connectivity index is 2.49. The number of hydrogen-bond acceptors (Lipinski definition) is 5. The molecule has 0 fully saturated rings. The second kappa shape index (κ2) is 6.68. The molecule has 2 atom stereocenters. The highest BCUT2D eigenvalue weighted by molar-refractivity contribution is 7.68. The quantitative estimate of drug-likeness (QED) is 0.417. The Morgan fingerprint density at radius 1 is 0.815 bits per heavy atom. The van der Waals surface area contributed by atoms with Crippen molar-refractivity contribution in [3.8, 4) is 0 Å². The van der Waals surface area contributed by atoms with E-state index in [2.05, 4.69) is 13.4 Å². The third kappa shape index (κ3) is 2.88. The van der Waals surface area contributed by atoms with Crippen LogP contribution in [0.1, 0.15) is 25.0 Å². The molecule has 0 aliphatic carbocycles. The molecule has 2 aromatic rings. The number of hydrogen-bond donors (Lipinski definition) is 0. The fourth-order valence-electron chi connectivity index (χ4n) is 2.92. The highest BCUT2D eigenvalue weighted by atomic mass is 31.3. The number of benzene rings is 2. The number of alkyl halides is 4. The summed E-state index contributed by atoms with van der Waals surface area (Å²) in [6.07, 6.45) is 0. The molecular weight excluding hydrogens is 410 g/mol. The van der Waals surface area contributed by atoms with Crippen LogP contribution in [-0.4, -0.2) is 13.2 Å². The van der Waals surface area contributed by atoms with Crippen LogP contribution >= 0.6 is 15.2 Å². The molecule has 4 bridgehead atoms. The van der Waals surface area contributed by atoms with Crippen LogP contribution in [0.25, 0.3) is 10.8 Å². The Bertz CT molecular complexity index is 901. The number of halogens is 4. The zero-order valence-electron chi connectivity index (χ0n) is 14.3. The fourth-order valence-corrected chi connectivity index (χ4v) is 7.24. The van der Waals surface area contributed by atoms with Crippen molar-refractivity contribution < 1.29 is 40.0 Å². The van der Waals surface area contributed by atoms with E-state index < -0.39 is 50.9 Å². The molecule has 0 aromatic heterocycles. The summed E-state index contributed by atoms with van der Waals surface area (Å²) < 4.78 is 101. The molecule has 0 saturated heterocycles. The molecular formula is C16H16F4O5P2. The second-order valence-corrected chi connectivity index (χ2v) is 9.98. The van der Waals surface area contributed by atoms with Crippen LogP contribution in [-0.2, 0) is 33.8 Å². The normalized spacial score (nSPS) is 29.3. The van der Waals surface area contributed by atoms with E-state index in [1.807, 2.05) is 0 Å². The average Bonchev–Trinajstić information content (AvgIpc) is 2.60. The van der Waals surface area contributed by atoms with Crippen molar-refractivity contribution >= 4 is 26.0 Å². The first-order valence-electron chi connectivity index (χ1n) is 8.03. The summed E-state index contributed by atoms with van der Waals surface area (Å²) in [4.78, 5) is 0. The fraction of sp³-hybridized carbons (Fsp3) is 0.375. The lowest BCUT2D eigenvalue weighted by molar-refractivity contribution is 0.0285. The Hall–Kier alpha value is -1.24. The van der Waals surface area contributed by atoms with Gasteiger partial charge >= 0.3 is 26.5 Å². The molecule has 0 amide bonds. The zero-order chi connectivity index (χ0) is 20.1. The molecule has 148 valence electrons. The van der Waals surface area contributed by atoms with E-state index in [1.54, 1.807) is 0 Å². The van der Waals surface area contributed by atoms with Gasteiger partial charge in [0.05, 0.1) is 13.2 Å². The van der Waals surface area contributed by atoms with E-state index in [1.165, 1.54) is 26.0 Å². The monoisotopic (exact) mass is 426 g/mol. The molecule has 5 nitrogen and oxygen atoms in total. The van der Waals surface area contributed by atoms with Gasteiger partial charge in [0.15, 0.2) is 0 Å². The van der Waals surface area contributed by atoms with E-state index in [0.717, 1.165) is 24.3 Å². The van der Waals surface area contributed by atoms with Crippen LogP contribution in [0.3, 0.4) is 0 Å². The Labute approximate surface area is 152 Å². The summed E-state index contributed by atoms with van der Waals surface area (Å²) >= 11 is 0. The Morgan fingerprint density at radius 2 is 1.19 bits per heavy atom. The molecule has 27 heavy (non-hydrogen) atoms. The summed E-state index contributed by atoms with van der Waals surface area (Å²) in [6.45, 7) is 1.38. The first-order chi connectivity index (χ1) is 12.5. The highest BCUT2D eigenvalue weighted by Gasteiger charge is 2.66. The van der Waals surface area contributed by atoms with Gasteiger partial charge in [0.1, 0.15) is 0 Å². The molecule has 1 heterocycles. The van der Waals surface area contributed by atoms with Crippen molar-refractivity contribution in [2.75, 3.05) is 13.2 Å². The molecule has 0 spiro atoms. The van der Waals surface area contributed by atoms with Gasteiger partial charge < -0.3 is 9.05 Å². The first-order valence-corrected chi connectivity index (χ1v) is 11.1. The maximum absolute atomic E-state index is 15.2. The van der Waals surface area contributed by atoms with Crippen molar-refractivity contribution in [2.24, 2.45) is 0 Å². The Morgan fingerprint density at radius 3 is 1.52 bits per heavy atom. The van der Waals surface area contributed by atoms with Crippen LogP contribution in [0.15, 0.2) is 36.4 Å². The third-order valence-electron chi connectivity index (χ3n) is 4.07. The average molecular weight is 426 g/mol. The molecule has 1 aliphatic rings. The smallest absolute Gasteiger partial charge is 0.304 e. The lowest BCUT2D eigenvalue weighted by Gasteiger charge is -2.31. The van der Waals surface area contributed by atoms with Gasteiger partial charge in [-0.25, -0.2) is 4.31 Å². The van der Waals surface area contributed by atoms with Gasteiger partial charge in [-0.3, -0.25) is 9.13 Å². The van der Waals surface area contributed by atoms with E-state index in [-0.39, 0.29) is 10.8 Å². The lowest BCUT2D eigenvalue weighted by atomic mass is 10.00. The predicted octanol–water partition coefficient (Wildman–Crippen LogP) is 6.43. The van der Waals surface area contributed by atoms with Gasteiger partial charge in [-0.1, -0.05) is 36.4 Å². The van der Waals surface area contributed by atoms with Crippen molar-refractivity contribution in [2.45, 2.75) is 25.2 Å². The second-order valence-electron chi connectivity index (χ2n) is 5.70. The van der Waals surface area contributed by atoms with Gasteiger partial charge in [-0.05, 0) is 24.6 Å². The van der Waals surface area contributed by atoms with Crippen LogP contribution in [0.2, 0.25) is 0 Å². The van der Waals surface area contributed by atoms with E-state index in [9.17, 15) is 9.13 Å². The zero-order valence-corrected chi connectivity index (χ0v) is 16.1. The molecule has 0 saturated carbocycles. The molecule has 0 N–H and O–H groups in total. The highest BCUT2D eigenvalue weighted by Crippen LogP contribution is 2.81. The van der Waals surface area contributed by atoms with Crippen molar-refractivity contribution in [3.05, 3.63) is 47.5 Å². The first kappa shape index (κ1) is 20.5.